The minimum atomic E-state index is -3.66. The Morgan fingerprint density at radius 3 is 1.92 bits per heavy atom. The summed E-state index contributed by atoms with van der Waals surface area (Å²) in [6.07, 6.45) is 0. The Bertz CT molecular complexity index is 269. The molecule has 0 rings (SSSR count). The van der Waals surface area contributed by atoms with Crippen LogP contribution in [-0.4, -0.2) is 24.7 Å². The summed E-state index contributed by atoms with van der Waals surface area (Å²) in [7, 11) is -3.66. The van der Waals surface area contributed by atoms with E-state index in [-0.39, 0.29) is 5.75 Å². The predicted molar refractivity (Wildman–Crippen MR) is 47.2 cm³/mol. The second-order valence-corrected chi connectivity index (χ2v) is 3.80. The second kappa shape index (κ2) is 6.58. The highest BCUT2D eigenvalue weighted by Gasteiger charge is 1.96. The van der Waals surface area contributed by atoms with Gasteiger partial charge in [0, 0.05) is 5.57 Å². The van der Waals surface area contributed by atoms with Gasteiger partial charge in [-0.05, 0) is 13.8 Å². The van der Waals surface area contributed by atoms with Gasteiger partial charge in [-0.2, -0.15) is 14.3 Å². The lowest BCUT2D eigenvalue weighted by Crippen LogP contribution is -2.09. The minimum Gasteiger partial charge on any atom is -0.370 e. The summed E-state index contributed by atoms with van der Waals surface area (Å²) in [4.78, 5) is 13.8. The van der Waals surface area contributed by atoms with Crippen LogP contribution in [0.4, 0.5) is 0 Å². The Balaban J connectivity index is 0. The first kappa shape index (κ1) is 14.6. The molecule has 0 aromatic carbocycles. The van der Waals surface area contributed by atoms with Gasteiger partial charge in [-0.3, -0.25) is 4.55 Å². The van der Waals surface area contributed by atoms with Crippen molar-refractivity contribution in [2.24, 2.45) is 5.90 Å². The van der Waals surface area contributed by atoms with Crippen LogP contribution in [0.1, 0.15) is 13.8 Å². The zero-order valence-electron chi connectivity index (χ0n) is 7.48. The number of rotatable bonds is 2. The summed E-state index contributed by atoms with van der Waals surface area (Å²) in [5.74, 6) is 3.69. The van der Waals surface area contributed by atoms with Crippen LogP contribution in [0.15, 0.2) is 12.2 Å². The Hall–Kier alpha value is -0.920. The summed E-state index contributed by atoms with van der Waals surface area (Å²) in [6.45, 7) is 6.16. The highest BCUT2D eigenvalue weighted by molar-refractivity contribution is 7.85. The smallest absolute Gasteiger partial charge is 0.351 e. The molecule has 0 aromatic rings. The van der Waals surface area contributed by atoms with Crippen molar-refractivity contribution in [1.29, 1.82) is 0 Å². The Morgan fingerprint density at radius 1 is 1.62 bits per heavy atom. The van der Waals surface area contributed by atoms with Crippen molar-refractivity contribution in [3.8, 4) is 0 Å². The molecule has 78 valence electrons. The molecule has 0 aliphatic heterocycles. The molecule has 6 nitrogen and oxygen atoms in total. The first-order valence-corrected chi connectivity index (χ1v) is 4.87. The van der Waals surface area contributed by atoms with Gasteiger partial charge in [0.15, 0.2) is 0 Å². The van der Waals surface area contributed by atoms with Gasteiger partial charge in [0.25, 0.3) is 10.1 Å². The van der Waals surface area contributed by atoms with Crippen molar-refractivity contribution in [2.45, 2.75) is 13.8 Å². The molecule has 0 atom stereocenters. The van der Waals surface area contributed by atoms with Gasteiger partial charge in [0.1, 0.15) is 0 Å². The number of hydrogen-bond acceptors (Lipinski definition) is 5. The van der Waals surface area contributed by atoms with Crippen LogP contribution >= 0.6 is 0 Å². The Morgan fingerprint density at radius 2 is 1.92 bits per heavy atom. The highest BCUT2D eigenvalue weighted by Crippen LogP contribution is 1.85. The fourth-order valence-corrected chi connectivity index (χ4v) is 0.101. The van der Waals surface area contributed by atoms with Gasteiger partial charge >= 0.3 is 5.97 Å². The van der Waals surface area contributed by atoms with Crippen molar-refractivity contribution >= 4 is 16.1 Å². The molecule has 0 fully saturated rings. The van der Waals surface area contributed by atoms with Gasteiger partial charge in [0.05, 0.1) is 5.75 Å². The molecular formula is C6H13NO5S. The fraction of sp³-hybridized carbons (Fsp3) is 0.500. The maximum Gasteiger partial charge on any atom is 0.351 e. The molecule has 0 radical (unpaired) electrons. The molecule has 0 aliphatic rings. The second-order valence-electron chi connectivity index (χ2n) is 2.06. The van der Waals surface area contributed by atoms with Crippen LogP contribution in [0.25, 0.3) is 0 Å². The first-order valence-electron chi connectivity index (χ1n) is 3.26. The number of nitrogens with two attached hydrogens (primary N) is 1. The highest BCUT2D eigenvalue weighted by atomic mass is 32.2. The zero-order valence-corrected chi connectivity index (χ0v) is 8.30. The van der Waals surface area contributed by atoms with E-state index < -0.39 is 16.1 Å². The molecule has 0 aliphatic carbocycles. The van der Waals surface area contributed by atoms with Crippen LogP contribution in [0.3, 0.4) is 0 Å². The third-order valence-corrected chi connectivity index (χ3v) is 1.55. The third kappa shape index (κ3) is 14.0. The SMILES string of the molecule is C=C(C)C(=O)ON.CCS(=O)(=O)O. The Kier molecular flexibility index (Phi) is 7.39. The van der Waals surface area contributed by atoms with Crippen LogP contribution in [0, 0.1) is 0 Å². The maximum absolute atomic E-state index is 10.1. The molecule has 13 heavy (non-hydrogen) atoms. The molecule has 7 heteroatoms. The summed E-state index contributed by atoms with van der Waals surface area (Å²) < 4.78 is 26.9. The van der Waals surface area contributed by atoms with E-state index in [2.05, 4.69) is 17.3 Å². The van der Waals surface area contributed by atoms with Gasteiger partial charge in [-0.1, -0.05) is 6.58 Å². The van der Waals surface area contributed by atoms with Crippen LogP contribution in [0.5, 0.6) is 0 Å². The molecule has 0 saturated heterocycles. The lowest BCUT2D eigenvalue weighted by atomic mass is 10.4. The van der Waals surface area contributed by atoms with Crippen molar-refractivity contribution in [2.75, 3.05) is 5.75 Å². The quantitative estimate of drug-likeness (QED) is 0.374. The molecule has 0 heterocycles. The van der Waals surface area contributed by atoms with Crippen LogP contribution < -0.4 is 5.90 Å². The van der Waals surface area contributed by atoms with Crippen LogP contribution in [0.2, 0.25) is 0 Å². The lowest BCUT2D eigenvalue weighted by molar-refractivity contribution is -0.139. The first-order chi connectivity index (χ1) is 5.74. The average molecular weight is 211 g/mol. The number of carbonyl (C=O) groups is 1. The van der Waals surface area contributed by atoms with E-state index in [1.807, 2.05) is 0 Å². The standard InChI is InChI=1S/C4H7NO2.C2H6O3S/c1-3(2)4(6)7-5;1-2-6(3,4)5/h1,5H2,2H3;2H2,1H3,(H,3,4,5). The Labute approximate surface area is 77.1 Å². The summed E-state index contributed by atoms with van der Waals surface area (Å²) in [5, 5.41) is 0. The van der Waals surface area contributed by atoms with Crippen molar-refractivity contribution in [1.82, 2.24) is 0 Å². The van der Waals surface area contributed by atoms with Gasteiger partial charge in [-0.25, -0.2) is 4.79 Å². The molecule has 0 unspecified atom stereocenters. The molecule has 3 N–H and O–H groups in total. The largest absolute Gasteiger partial charge is 0.370 e. The van der Waals surface area contributed by atoms with Crippen LogP contribution in [-0.2, 0) is 19.8 Å². The van der Waals surface area contributed by atoms with E-state index in [1.54, 1.807) is 0 Å². The molecule has 0 bridgehead atoms. The van der Waals surface area contributed by atoms with Gasteiger partial charge < -0.3 is 4.84 Å². The third-order valence-electron chi connectivity index (χ3n) is 0.820. The number of hydrogen-bond donors (Lipinski definition) is 2. The topological polar surface area (TPSA) is 107 Å². The fourth-order valence-electron chi connectivity index (χ4n) is 0.101. The summed E-state index contributed by atoms with van der Waals surface area (Å²) in [6, 6.07) is 0. The van der Waals surface area contributed by atoms with E-state index in [4.69, 9.17) is 4.55 Å². The van der Waals surface area contributed by atoms with E-state index in [0.29, 0.717) is 5.57 Å². The minimum absolute atomic E-state index is 0.201. The summed E-state index contributed by atoms with van der Waals surface area (Å²) in [5.41, 5.74) is 0.308. The molecule has 0 spiro atoms. The van der Waals surface area contributed by atoms with Crippen molar-refractivity contribution < 1.29 is 22.6 Å². The monoisotopic (exact) mass is 211 g/mol. The molecular weight excluding hydrogens is 198 g/mol. The molecule has 0 saturated carbocycles. The predicted octanol–water partition coefficient (Wildman–Crippen LogP) is -0.126. The molecule has 0 amide bonds. The normalized spacial score (nSPS) is 9.54. The van der Waals surface area contributed by atoms with Gasteiger partial charge in [-0.15, -0.1) is 0 Å². The van der Waals surface area contributed by atoms with Crippen molar-refractivity contribution in [3.05, 3.63) is 12.2 Å². The number of carbonyl (C=O) groups excluding carboxylic acids is 1. The summed E-state index contributed by atoms with van der Waals surface area (Å²) >= 11 is 0. The van der Waals surface area contributed by atoms with E-state index in [9.17, 15) is 13.2 Å². The van der Waals surface area contributed by atoms with Gasteiger partial charge in [0.2, 0.25) is 0 Å². The van der Waals surface area contributed by atoms with E-state index in [0.717, 1.165) is 0 Å². The van der Waals surface area contributed by atoms with E-state index >= 15 is 0 Å². The lowest BCUT2D eigenvalue weighted by Gasteiger charge is -1.90. The van der Waals surface area contributed by atoms with E-state index in [1.165, 1.54) is 13.8 Å². The average Bonchev–Trinajstić information content (AvgIpc) is 2.02. The van der Waals surface area contributed by atoms with Crippen molar-refractivity contribution in [3.63, 3.8) is 0 Å². The zero-order chi connectivity index (χ0) is 11.1. The maximum atomic E-state index is 10.1. The molecule has 0 aromatic heterocycles.